The molecule has 0 bridgehead atoms. The van der Waals surface area contributed by atoms with Crippen LogP contribution in [0.3, 0.4) is 0 Å². The minimum absolute atomic E-state index is 0.349. The quantitative estimate of drug-likeness (QED) is 0.861. The predicted molar refractivity (Wildman–Crippen MR) is 90.4 cm³/mol. The maximum Gasteiger partial charge on any atom is 0.122 e. The zero-order valence-corrected chi connectivity index (χ0v) is 13.7. The van der Waals surface area contributed by atoms with Gasteiger partial charge in [0.05, 0.1) is 7.11 Å². The van der Waals surface area contributed by atoms with Gasteiger partial charge in [-0.1, -0.05) is 35.9 Å². The van der Waals surface area contributed by atoms with Crippen LogP contribution in [0.5, 0.6) is 5.75 Å². The standard InChI is InChI=1S/C19H25NO/c1-13-10-14(2)19(15(3)11-13)20-16(4)12-17-8-6-7-9-18(17)21-5/h6-11,16,20H,12H2,1-5H3. The lowest BCUT2D eigenvalue weighted by molar-refractivity contribution is 0.409. The smallest absolute Gasteiger partial charge is 0.122 e. The van der Waals surface area contributed by atoms with Crippen molar-refractivity contribution in [3.8, 4) is 5.75 Å². The van der Waals surface area contributed by atoms with Gasteiger partial charge in [-0.2, -0.15) is 0 Å². The zero-order chi connectivity index (χ0) is 15.4. The number of benzene rings is 2. The van der Waals surface area contributed by atoms with Crippen LogP contribution in [0.1, 0.15) is 29.2 Å². The van der Waals surface area contributed by atoms with Gasteiger partial charge < -0.3 is 10.1 Å². The van der Waals surface area contributed by atoms with Crippen LogP contribution in [-0.2, 0) is 6.42 Å². The number of hydrogen-bond acceptors (Lipinski definition) is 2. The number of ether oxygens (including phenoxy) is 1. The highest BCUT2D eigenvalue weighted by molar-refractivity contribution is 5.58. The summed E-state index contributed by atoms with van der Waals surface area (Å²) in [6.45, 7) is 8.68. The molecule has 2 aromatic carbocycles. The summed E-state index contributed by atoms with van der Waals surface area (Å²) >= 11 is 0. The first kappa shape index (κ1) is 15.4. The van der Waals surface area contributed by atoms with Crippen LogP contribution in [0.2, 0.25) is 0 Å². The van der Waals surface area contributed by atoms with Crippen molar-refractivity contribution in [1.82, 2.24) is 0 Å². The lowest BCUT2D eigenvalue weighted by Gasteiger charge is -2.20. The molecule has 2 aromatic rings. The third-order valence-electron chi connectivity index (χ3n) is 3.79. The molecule has 1 unspecified atom stereocenters. The Morgan fingerprint density at radius 1 is 1.05 bits per heavy atom. The average Bonchev–Trinajstić information content (AvgIpc) is 2.43. The maximum absolute atomic E-state index is 5.43. The molecule has 0 spiro atoms. The zero-order valence-electron chi connectivity index (χ0n) is 13.7. The van der Waals surface area contributed by atoms with E-state index in [1.54, 1.807) is 7.11 Å². The van der Waals surface area contributed by atoms with Crippen molar-refractivity contribution in [1.29, 1.82) is 0 Å². The second-order valence-corrected chi connectivity index (χ2v) is 5.84. The van der Waals surface area contributed by atoms with Crippen molar-refractivity contribution >= 4 is 5.69 Å². The van der Waals surface area contributed by atoms with E-state index < -0.39 is 0 Å². The fraction of sp³-hybridized carbons (Fsp3) is 0.368. The fourth-order valence-electron chi connectivity index (χ4n) is 2.91. The Hall–Kier alpha value is -1.96. The lowest BCUT2D eigenvalue weighted by atomic mass is 10.0. The van der Waals surface area contributed by atoms with Gasteiger partial charge in [-0.15, -0.1) is 0 Å². The second-order valence-electron chi connectivity index (χ2n) is 5.84. The van der Waals surface area contributed by atoms with E-state index in [1.165, 1.54) is 27.9 Å². The van der Waals surface area contributed by atoms with Crippen LogP contribution >= 0.6 is 0 Å². The molecule has 1 atom stereocenters. The van der Waals surface area contributed by atoms with E-state index in [4.69, 9.17) is 4.74 Å². The van der Waals surface area contributed by atoms with E-state index in [0.717, 1.165) is 12.2 Å². The summed E-state index contributed by atoms with van der Waals surface area (Å²) in [6.07, 6.45) is 0.941. The molecule has 0 aliphatic carbocycles. The van der Waals surface area contributed by atoms with Gasteiger partial charge >= 0.3 is 0 Å². The summed E-state index contributed by atoms with van der Waals surface area (Å²) in [4.78, 5) is 0. The van der Waals surface area contributed by atoms with Crippen molar-refractivity contribution in [3.63, 3.8) is 0 Å². The van der Waals surface area contributed by atoms with E-state index in [9.17, 15) is 0 Å². The highest BCUT2D eigenvalue weighted by atomic mass is 16.5. The highest BCUT2D eigenvalue weighted by Crippen LogP contribution is 2.25. The van der Waals surface area contributed by atoms with E-state index in [0.29, 0.717) is 6.04 Å². The number of para-hydroxylation sites is 1. The molecule has 0 aromatic heterocycles. The minimum atomic E-state index is 0.349. The Morgan fingerprint density at radius 2 is 1.67 bits per heavy atom. The Morgan fingerprint density at radius 3 is 2.29 bits per heavy atom. The molecule has 0 radical (unpaired) electrons. The van der Waals surface area contributed by atoms with E-state index in [2.05, 4.69) is 57.3 Å². The molecular weight excluding hydrogens is 258 g/mol. The van der Waals surface area contributed by atoms with Crippen LogP contribution < -0.4 is 10.1 Å². The number of methoxy groups -OCH3 is 1. The number of nitrogens with one attached hydrogen (secondary N) is 1. The number of rotatable bonds is 5. The molecule has 112 valence electrons. The molecule has 2 heteroatoms. The molecule has 0 heterocycles. The molecule has 0 saturated heterocycles. The van der Waals surface area contributed by atoms with Gasteiger partial charge in [-0.3, -0.25) is 0 Å². The Bertz CT molecular complexity index is 596. The molecule has 0 aliphatic rings. The summed E-state index contributed by atoms with van der Waals surface area (Å²) < 4.78 is 5.43. The Labute approximate surface area is 128 Å². The fourth-order valence-corrected chi connectivity index (χ4v) is 2.91. The predicted octanol–water partition coefficient (Wildman–Crippen LogP) is 4.66. The Kier molecular flexibility index (Phi) is 4.89. The molecule has 2 rings (SSSR count). The van der Waals surface area contributed by atoms with Gasteiger partial charge in [0.25, 0.3) is 0 Å². The van der Waals surface area contributed by atoms with Crippen molar-refractivity contribution in [3.05, 3.63) is 58.7 Å². The molecular formula is C19H25NO. The highest BCUT2D eigenvalue weighted by Gasteiger charge is 2.10. The summed E-state index contributed by atoms with van der Waals surface area (Å²) in [5.74, 6) is 0.962. The monoisotopic (exact) mass is 283 g/mol. The average molecular weight is 283 g/mol. The molecule has 0 amide bonds. The third-order valence-corrected chi connectivity index (χ3v) is 3.79. The van der Waals surface area contributed by atoms with Gasteiger partial charge in [-0.05, 0) is 56.9 Å². The van der Waals surface area contributed by atoms with E-state index in [1.807, 2.05) is 12.1 Å². The van der Waals surface area contributed by atoms with E-state index >= 15 is 0 Å². The normalized spacial score (nSPS) is 12.0. The molecule has 0 fully saturated rings. The van der Waals surface area contributed by atoms with Gasteiger partial charge in [0.15, 0.2) is 0 Å². The van der Waals surface area contributed by atoms with Crippen molar-refractivity contribution in [2.45, 2.75) is 40.2 Å². The molecule has 0 saturated carbocycles. The van der Waals surface area contributed by atoms with Crippen LogP contribution in [-0.4, -0.2) is 13.2 Å². The van der Waals surface area contributed by atoms with Crippen LogP contribution in [0.4, 0.5) is 5.69 Å². The number of hydrogen-bond donors (Lipinski definition) is 1. The topological polar surface area (TPSA) is 21.3 Å². The first-order valence-corrected chi connectivity index (χ1v) is 7.47. The number of anilines is 1. The summed E-state index contributed by atoms with van der Waals surface area (Å²) in [6, 6.07) is 13.0. The van der Waals surface area contributed by atoms with Crippen LogP contribution in [0, 0.1) is 20.8 Å². The molecule has 1 N–H and O–H groups in total. The third kappa shape index (κ3) is 3.78. The molecule has 0 aliphatic heterocycles. The van der Waals surface area contributed by atoms with Gasteiger partial charge in [0, 0.05) is 11.7 Å². The summed E-state index contributed by atoms with van der Waals surface area (Å²) in [7, 11) is 1.73. The number of aryl methyl sites for hydroxylation is 3. The van der Waals surface area contributed by atoms with Crippen molar-refractivity contribution in [2.24, 2.45) is 0 Å². The summed E-state index contributed by atoms with van der Waals surface area (Å²) in [5, 5.41) is 3.65. The first-order chi connectivity index (χ1) is 10.0. The van der Waals surface area contributed by atoms with Gasteiger partial charge in [0.1, 0.15) is 5.75 Å². The largest absolute Gasteiger partial charge is 0.496 e. The summed E-state index contributed by atoms with van der Waals surface area (Å²) in [5.41, 5.74) is 6.41. The molecule has 21 heavy (non-hydrogen) atoms. The second kappa shape index (κ2) is 6.66. The van der Waals surface area contributed by atoms with Crippen molar-refractivity contribution in [2.75, 3.05) is 12.4 Å². The maximum atomic E-state index is 5.43. The van der Waals surface area contributed by atoms with Crippen LogP contribution in [0.15, 0.2) is 36.4 Å². The van der Waals surface area contributed by atoms with E-state index in [-0.39, 0.29) is 0 Å². The van der Waals surface area contributed by atoms with Gasteiger partial charge in [0.2, 0.25) is 0 Å². The minimum Gasteiger partial charge on any atom is -0.496 e. The van der Waals surface area contributed by atoms with Gasteiger partial charge in [-0.25, -0.2) is 0 Å². The first-order valence-electron chi connectivity index (χ1n) is 7.47. The lowest BCUT2D eigenvalue weighted by Crippen LogP contribution is -2.19. The SMILES string of the molecule is COc1ccccc1CC(C)Nc1c(C)cc(C)cc1C. The Balaban J connectivity index is 2.14. The molecule has 2 nitrogen and oxygen atoms in total. The van der Waals surface area contributed by atoms with Crippen molar-refractivity contribution < 1.29 is 4.74 Å². The van der Waals surface area contributed by atoms with Crippen LogP contribution in [0.25, 0.3) is 0 Å².